The van der Waals surface area contributed by atoms with Gasteiger partial charge in [0.05, 0.1) is 0 Å². The summed E-state index contributed by atoms with van der Waals surface area (Å²) < 4.78 is 19.3. The average Bonchev–Trinajstić information content (AvgIpc) is 2.46. The Balaban J connectivity index is 1.91. The first kappa shape index (κ1) is 12.6. The first-order chi connectivity index (χ1) is 9.74. The zero-order valence-electron chi connectivity index (χ0n) is 11.1. The normalized spacial score (nSPS) is 10.7. The van der Waals surface area contributed by atoms with Gasteiger partial charge in [-0.15, -0.1) is 0 Å². The van der Waals surface area contributed by atoms with Crippen molar-refractivity contribution >= 4 is 10.9 Å². The van der Waals surface area contributed by atoms with E-state index in [1.54, 1.807) is 18.2 Å². The number of rotatable bonds is 3. The number of benzene rings is 2. The molecule has 0 spiro atoms. The lowest BCUT2D eigenvalue weighted by Crippen LogP contribution is -1.99. The van der Waals surface area contributed by atoms with Crippen molar-refractivity contribution in [3.8, 4) is 5.75 Å². The third-order valence-corrected chi connectivity index (χ3v) is 3.16. The van der Waals surface area contributed by atoms with E-state index in [2.05, 4.69) is 4.98 Å². The second-order valence-corrected chi connectivity index (χ2v) is 4.66. The van der Waals surface area contributed by atoms with Crippen LogP contribution in [0.5, 0.6) is 5.75 Å². The number of fused-ring (bicyclic) bond motifs is 1. The SMILES string of the molecule is Cc1ccc2cccc(OCc3ccccc3F)c2n1. The van der Waals surface area contributed by atoms with Crippen LogP contribution in [-0.4, -0.2) is 4.98 Å². The van der Waals surface area contributed by atoms with Gasteiger partial charge in [-0.05, 0) is 25.1 Å². The Morgan fingerprint density at radius 3 is 2.70 bits per heavy atom. The molecule has 3 rings (SSSR count). The van der Waals surface area contributed by atoms with Gasteiger partial charge in [-0.3, -0.25) is 0 Å². The van der Waals surface area contributed by atoms with E-state index in [9.17, 15) is 4.39 Å². The minimum absolute atomic E-state index is 0.196. The third-order valence-electron chi connectivity index (χ3n) is 3.16. The highest BCUT2D eigenvalue weighted by Crippen LogP contribution is 2.25. The highest BCUT2D eigenvalue weighted by molar-refractivity contribution is 5.84. The number of aryl methyl sites for hydroxylation is 1. The predicted molar refractivity (Wildman–Crippen MR) is 77.2 cm³/mol. The van der Waals surface area contributed by atoms with Gasteiger partial charge in [0.1, 0.15) is 23.7 Å². The van der Waals surface area contributed by atoms with Gasteiger partial charge in [-0.25, -0.2) is 9.37 Å². The van der Waals surface area contributed by atoms with Gasteiger partial charge in [-0.2, -0.15) is 0 Å². The molecule has 0 fully saturated rings. The first-order valence-corrected chi connectivity index (χ1v) is 6.46. The van der Waals surface area contributed by atoms with Crippen molar-refractivity contribution in [1.82, 2.24) is 4.98 Å². The molecule has 0 unspecified atom stereocenters. The summed E-state index contributed by atoms with van der Waals surface area (Å²) in [7, 11) is 0. The van der Waals surface area contributed by atoms with E-state index in [-0.39, 0.29) is 12.4 Å². The molecule has 0 radical (unpaired) electrons. The lowest BCUT2D eigenvalue weighted by molar-refractivity contribution is 0.303. The molecule has 0 aliphatic rings. The lowest BCUT2D eigenvalue weighted by Gasteiger charge is -2.09. The van der Waals surface area contributed by atoms with Crippen LogP contribution in [0.25, 0.3) is 10.9 Å². The van der Waals surface area contributed by atoms with Crippen molar-refractivity contribution < 1.29 is 9.13 Å². The minimum atomic E-state index is -0.253. The standard InChI is InChI=1S/C17H14FNO/c1-12-9-10-13-6-4-8-16(17(13)19-12)20-11-14-5-2-3-7-15(14)18/h2-10H,11H2,1H3. The van der Waals surface area contributed by atoms with Crippen molar-refractivity contribution in [3.63, 3.8) is 0 Å². The zero-order chi connectivity index (χ0) is 13.9. The van der Waals surface area contributed by atoms with Gasteiger partial charge < -0.3 is 4.74 Å². The highest BCUT2D eigenvalue weighted by Gasteiger charge is 2.06. The Labute approximate surface area is 116 Å². The molecule has 0 saturated heterocycles. The minimum Gasteiger partial charge on any atom is -0.487 e. The van der Waals surface area contributed by atoms with Crippen LogP contribution in [0.1, 0.15) is 11.3 Å². The molecule has 20 heavy (non-hydrogen) atoms. The molecular formula is C17H14FNO. The maximum absolute atomic E-state index is 13.6. The highest BCUT2D eigenvalue weighted by atomic mass is 19.1. The van der Waals surface area contributed by atoms with Crippen LogP contribution in [0.2, 0.25) is 0 Å². The van der Waals surface area contributed by atoms with Gasteiger partial charge in [0, 0.05) is 16.6 Å². The Morgan fingerprint density at radius 2 is 1.85 bits per heavy atom. The summed E-state index contributed by atoms with van der Waals surface area (Å²) >= 11 is 0. The van der Waals surface area contributed by atoms with Crippen molar-refractivity contribution in [2.24, 2.45) is 0 Å². The number of pyridine rings is 1. The number of ether oxygens (including phenoxy) is 1. The fraction of sp³-hybridized carbons (Fsp3) is 0.118. The van der Waals surface area contributed by atoms with Crippen LogP contribution < -0.4 is 4.74 Å². The Bertz CT molecular complexity index is 755. The van der Waals surface area contributed by atoms with Crippen molar-refractivity contribution in [1.29, 1.82) is 0 Å². The molecule has 0 saturated carbocycles. The lowest BCUT2D eigenvalue weighted by atomic mass is 10.2. The molecule has 100 valence electrons. The molecule has 3 heteroatoms. The fourth-order valence-corrected chi connectivity index (χ4v) is 2.10. The molecule has 0 bridgehead atoms. The molecule has 2 aromatic carbocycles. The Kier molecular flexibility index (Phi) is 3.33. The summed E-state index contributed by atoms with van der Waals surface area (Å²) in [5.41, 5.74) is 2.28. The number of halogens is 1. The third kappa shape index (κ3) is 2.48. The van der Waals surface area contributed by atoms with E-state index < -0.39 is 0 Å². The number of para-hydroxylation sites is 1. The van der Waals surface area contributed by atoms with Crippen LogP contribution in [-0.2, 0) is 6.61 Å². The van der Waals surface area contributed by atoms with E-state index in [4.69, 9.17) is 4.74 Å². The van der Waals surface area contributed by atoms with Crippen molar-refractivity contribution in [2.75, 3.05) is 0 Å². The topological polar surface area (TPSA) is 22.1 Å². The van der Waals surface area contributed by atoms with E-state index in [0.717, 1.165) is 16.6 Å². The average molecular weight is 267 g/mol. The summed E-state index contributed by atoms with van der Waals surface area (Å²) in [6, 6.07) is 16.3. The predicted octanol–water partition coefficient (Wildman–Crippen LogP) is 4.26. The molecular weight excluding hydrogens is 253 g/mol. The molecule has 0 atom stereocenters. The van der Waals surface area contributed by atoms with E-state index in [1.165, 1.54) is 6.07 Å². The maximum Gasteiger partial charge on any atom is 0.146 e. The molecule has 1 heterocycles. The summed E-state index contributed by atoms with van der Waals surface area (Å²) in [6.45, 7) is 2.13. The summed E-state index contributed by atoms with van der Waals surface area (Å²) in [4.78, 5) is 4.49. The molecule has 3 aromatic rings. The van der Waals surface area contributed by atoms with E-state index in [1.807, 2.05) is 37.3 Å². The summed E-state index contributed by atoms with van der Waals surface area (Å²) in [5.74, 6) is 0.423. The Hall–Kier alpha value is -2.42. The van der Waals surface area contributed by atoms with Gasteiger partial charge in [0.2, 0.25) is 0 Å². The molecule has 0 N–H and O–H groups in total. The van der Waals surface area contributed by atoms with Gasteiger partial charge in [0.25, 0.3) is 0 Å². The molecule has 0 aliphatic heterocycles. The smallest absolute Gasteiger partial charge is 0.146 e. The van der Waals surface area contributed by atoms with Crippen molar-refractivity contribution in [3.05, 3.63) is 71.7 Å². The summed E-state index contributed by atoms with van der Waals surface area (Å²) in [5, 5.41) is 1.02. The van der Waals surface area contributed by atoms with Gasteiger partial charge in [0.15, 0.2) is 0 Å². The monoisotopic (exact) mass is 267 g/mol. The van der Waals surface area contributed by atoms with Crippen LogP contribution in [0.15, 0.2) is 54.6 Å². The Morgan fingerprint density at radius 1 is 1.00 bits per heavy atom. The van der Waals surface area contributed by atoms with Crippen LogP contribution in [0.3, 0.4) is 0 Å². The molecule has 0 aliphatic carbocycles. The largest absolute Gasteiger partial charge is 0.487 e. The van der Waals surface area contributed by atoms with E-state index >= 15 is 0 Å². The summed E-state index contributed by atoms with van der Waals surface area (Å²) in [6.07, 6.45) is 0. The van der Waals surface area contributed by atoms with E-state index in [0.29, 0.717) is 11.3 Å². The fourth-order valence-electron chi connectivity index (χ4n) is 2.10. The van der Waals surface area contributed by atoms with Crippen LogP contribution >= 0.6 is 0 Å². The van der Waals surface area contributed by atoms with Gasteiger partial charge >= 0.3 is 0 Å². The molecule has 0 amide bonds. The van der Waals surface area contributed by atoms with Crippen LogP contribution in [0.4, 0.5) is 4.39 Å². The quantitative estimate of drug-likeness (QED) is 0.707. The number of nitrogens with zero attached hydrogens (tertiary/aromatic N) is 1. The van der Waals surface area contributed by atoms with Gasteiger partial charge in [-0.1, -0.05) is 36.4 Å². The second-order valence-electron chi connectivity index (χ2n) is 4.66. The van der Waals surface area contributed by atoms with Crippen molar-refractivity contribution in [2.45, 2.75) is 13.5 Å². The van der Waals surface area contributed by atoms with Crippen LogP contribution in [0, 0.1) is 12.7 Å². The molecule has 1 aromatic heterocycles. The number of hydrogen-bond acceptors (Lipinski definition) is 2. The first-order valence-electron chi connectivity index (χ1n) is 6.46. The second kappa shape index (κ2) is 5.29. The maximum atomic E-state index is 13.6. The number of aromatic nitrogens is 1. The molecule has 2 nitrogen and oxygen atoms in total. The zero-order valence-corrected chi connectivity index (χ0v) is 11.1. The number of hydrogen-bond donors (Lipinski definition) is 0.